The van der Waals surface area contributed by atoms with Gasteiger partial charge in [-0.15, -0.1) is 0 Å². The van der Waals surface area contributed by atoms with Gasteiger partial charge in [-0.2, -0.15) is 0 Å². The zero-order valence-electron chi connectivity index (χ0n) is 11.3. The molecule has 0 aromatic carbocycles. The summed E-state index contributed by atoms with van der Waals surface area (Å²) in [4.78, 5) is 11.7. The molecule has 0 saturated heterocycles. The molecule has 0 unspecified atom stereocenters. The number of carbonyl (C=O) groups excluding carboxylic acids is 1. The second kappa shape index (κ2) is 9.95. The van der Waals surface area contributed by atoms with Crippen LogP contribution in [0.25, 0.3) is 0 Å². The van der Waals surface area contributed by atoms with Gasteiger partial charge in [0.2, 0.25) is 5.78 Å². The molecule has 2 heteroatoms. The van der Waals surface area contributed by atoms with Crippen molar-refractivity contribution in [3.63, 3.8) is 0 Å². The summed E-state index contributed by atoms with van der Waals surface area (Å²) in [6.45, 7) is 8.43. The van der Waals surface area contributed by atoms with Crippen molar-refractivity contribution in [1.29, 1.82) is 0 Å². The van der Waals surface area contributed by atoms with Crippen LogP contribution in [-0.2, 0) is 15.7 Å². The van der Waals surface area contributed by atoms with Gasteiger partial charge in [0.05, 0.1) is 0 Å². The molecular formula is C14H27OS+. The molecule has 16 heavy (non-hydrogen) atoms. The van der Waals surface area contributed by atoms with Gasteiger partial charge in [-0.1, -0.05) is 32.3 Å². The molecule has 0 saturated carbocycles. The maximum Gasteiger partial charge on any atom is 0.204 e. The van der Waals surface area contributed by atoms with E-state index in [4.69, 9.17) is 0 Å². The van der Waals surface area contributed by atoms with Crippen molar-refractivity contribution in [3.05, 3.63) is 11.6 Å². The molecule has 0 rings (SSSR count). The van der Waals surface area contributed by atoms with Crippen LogP contribution >= 0.6 is 0 Å². The highest BCUT2D eigenvalue weighted by atomic mass is 32.2. The Balaban J connectivity index is 4.07. The number of unbranched alkanes of at least 4 members (excludes halogenated alkanes) is 2. The molecule has 94 valence electrons. The second-order valence-electron chi connectivity index (χ2n) is 4.56. The fourth-order valence-electron chi connectivity index (χ4n) is 1.51. The minimum absolute atomic E-state index is 0.329. The van der Waals surface area contributed by atoms with Crippen molar-refractivity contribution in [2.75, 3.05) is 17.3 Å². The van der Waals surface area contributed by atoms with Crippen molar-refractivity contribution < 1.29 is 4.79 Å². The van der Waals surface area contributed by atoms with Crippen LogP contribution in [0.15, 0.2) is 11.6 Å². The molecule has 0 fully saturated rings. The monoisotopic (exact) mass is 243 g/mol. The lowest BCUT2D eigenvalue weighted by Gasteiger charge is -2.06. The van der Waals surface area contributed by atoms with Crippen molar-refractivity contribution in [2.24, 2.45) is 0 Å². The SMILES string of the molecule is CCCC[S+](CCCC)CC(=O)C=C(C)C. The van der Waals surface area contributed by atoms with E-state index in [-0.39, 0.29) is 0 Å². The van der Waals surface area contributed by atoms with Gasteiger partial charge in [0.1, 0.15) is 11.5 Å². The van der Waals surface area contributed by atoms with Gasteiger partial charge in [-0.05, 0) is 43.7 Å². The van der Waals surface area contributed by atoms with Gasteiger partial charge >= 0.3 is 0 Å². The molecule has 0 aliphatic rings. The number of carbonyl (C=O) groups is 1. The second-order valence-corrected chi connectivity index (χ2v) is 6.89. The minimum atomic E-state index is 0.329. The third-order valence-corrected chi connectivity index (χ3v) is 4.79. The van der Waals surface area contributed by atoms with E-state index in [0.29, 0.717) is 16.7 Å². The van der Waals surface area contributed by atoms with Crippen LogP contribution in [0.1, 0.15) is 53.4 Å². The first-order valence-corrected chi connectivity index (χ1v) is 8.15. The van der Waals surface area contributed by atoms with Gasteiger partial charge < -0.3 is 0 Å². The van der Waals surface area contributed by atoms with Crippen molar-refractivity contribution >= 4 is 16.7 Å². The molecule has 0 aliphatic heterocycles. The Hall–Kier alpha value is -0.240. The normalized spacial score (nSPS) is 10.6. The van der Waals surface area contributed by atoms with Crippen LogP contribution < -0.4 is 0 Å². The van der Waals surface area contributed by atoms with Crippen LogP contribution in [-0.4, -0.2) is 23.0 Å². The molecular weight excluding hydrogens is 216 g/mol. The molecule has 0 spiro atoms. The average Bonchev–Trinajstić information content (AvgIpc) is 2.20. The van der Waals surface area contributed by atoms with Crippen molar-refractivity contribution in [1.82, 2.24) is 0 Å². The molecule has 0 radical (unpaired) electrons. The number of rotatable bonds is 9. The Morgan fingerprint density at radius 3 is 1.94 bits per heavy atom. The third-order valence-electron chi connectivity index (χ3n) is 2.37. The highest BCUT2D eigenvalue weighted by molar-refractivity contribution is 7.97. The van der Waals surface area contributed by atoms with E-state index in [1.54, 1.807) is 6.08 Å². The minimum Gasteiger partial charge on any atom is -0.290 e. The first kappa shape index (κ1) is 15.8. The number of ketones is 1. The van der Waals surface area contributed by atoms with Crippen LogP contribution in [0.3, 0.4) is 0 Å². The molecule has 0 N–H and O–H groups in total. The quantitative estimate of drug-likeness (QED) is 0.445. The van der Waals surface area contributed by atoms with E-state index in [1.807, 2.05) is 13.8 Å². The molecule has 0 bridgehead atoms. The van der Waals surface area contributed by atoms with Gasteiger partial charge in [-0.3, -0.25) is 4.79 Å². The van der Waals surface area contributed by atoms with E-state index >= 15 is 0 Å². The standard InChI is InChI=1S/C14H27OS/c1-5-7-9-16(10-8-6-2)12-14(15)11-13(3)4/h11H,5-10,12H2,1-4H3/q+1. The third kappa shape index (κ3) is 9.02. The molecule has 0 aromatic rings. The Bertz CT molecular complexity index is 209. The molecule has 0 atom stereocenters. The topological polar surface area (TPSA) is 17.1 Å². The number of hydrogen-bond donors (Lipinski definition) is 0. The molecule has 0 aliphatic carbocycles. The summed E-state index contributed by atoms with van der Waals surface area (Å²) in [5, 5.41) is 0. The summed E-state index contributed by atoms with van der Waals surface area (Å²) in [5.41, 5.74) is 1.12. The van der Waals surface area contributed by atoms with Crippen LogP contribution in [0.2, 0.25) is 0 Å². The van der Waals surface area contributed by atoms with Gasteiger partial charge in [0, 0.05) is 0 Å². The van der Waals surface area contributed by atoms with Crippen LogP contribution in [0, 0.1) is 0 Å². The number of allylic oxidation sites excluding steroid dienone is 2. The summed E-state index contributed by atoms with van der Waals surface area (Å²) < 4.78 is 0. The van der Waals surface area contributed by atoms with Gasteiger partial charge in [0.25, 0.3) is 0 Å². The summed E-state index contributed by atoms with van der Waals surface area (Å²) in [5.74, 6) is 3.61. The van der Waals surface area contributed by atoms with Gasteiger partial charge in [0.15, 0.2) is 5.75 Å². The van der Waals surface area contributed by atoms with E-state index in [2.05, 4.69) is 13.8 Å². The summed E-state index contributed by atoms with van der Waals surface area (Å²) in [6, 6.07) is 0. The first-order chi connectivity index (χ1) is 7.60. The zero-order chi connectivity index (χ0) is 12.4. The smallest absolute Gasteiger partial charge is 0.204 e. The Kier molecular flexibility index (Phi) is 9.80. The Morgan fingerprint density at radius 2 is 1.56 bits per heavy atom. The van der Waals surface area contributed by atoms with Crippen LogP contribution in [0.5, 0.6) is 0 Å². The van der Waals surface area contributed by atoms with Crippen molar-refractivity contribution in [2.45, 2.75) is 53.4 Å². The van der Waals surface area contributed by atoms with Gasteiger partial charge in [-0.25, -0.2) is 0 Å². The van der Waals surface area contributed by atoms with E-state index < -0.39 is 0 Å². The maximum atomic E-state index is 11.7. The fourth-order valence-corrected chi connectivity index (χ4v) is 3.88. The van der Waals surface area contributed by atoms with E-state index in [1.165, 1.54) is 37.2 Å². The Morgan fingerprint density at radius 1 is 1.06 bits per heavy atom. The summed E-state index contributed by atoms with van der Waals surface area (Å²) >= 11 is 0. The lowest BCUT2D eigenvalue weighted by Crippen LogP contribution is -2.21. The fraction of sp³-hybridized carbons (Fsp3) is 0.786. The highest BCUT2D eigenvalue weighted by Gasteiger charge is 2.19. The first-order valence-electron chi connectivity index (χ1n) is 6.42. The summed E-state index contributed by atoms with van der Waals surface area (Å²) in [6.07, 6.45) is 6.83. The molecule has 0 amide bonds. The molecule has 1 nitrogen and oxygen atoms in total. The van der Waals surface area contributed by atoms with E-state index in [9.17, 15) is 4.79 Å². The maximum absolute atomic E-state index is 11.7. The zero-order valence-corrected chi connectivity index (χ0v) is 12.2. The van der Waals surface area contributed by atoms with Crippen molar-refractivity contribution in [3.8, 4) is 0 Å². The summed E-state index contributed by atoms with van der Waals surface area (Å²) in [7, 11) is 0.335. The number of hydrogen-bond acceptors (Lipinski definition) is 1. The van der Waals surface area contributed by atoms with Crippen LogP contribution in [0.4, 0.5) is 0 Å². The van der Waals surface area contributed by atoms with E-state index in [0.717, 1.165) is 11.3 Å². The predicted molar refractivity (Wildman–Crippen MR) is 76.2 cm³/mol. The molecule has 0 aromatic heterocycles. The average molecular weight is 243 g/mol. The highest BCUT2D eigenvalue weighted by Crippen LogP contribution is 2.07. The molecule has 0 heterocycles. The predicted octanol–water partition coefficient (Wildman–Crippen LogP) is 3.74. The lowest BCUT2D eigenvalue weighted by molar-refractivity contribution is -0.112. The lowest BCUT2D eigenvalue weighted by atomic mass is 10.3. The largest absolute Gasteiger partial charge is 0.290 e. The Labute approximate surface area is 104 Å².